The second kappa shape index (κ2) is 5.84. The van der Waals surface area contributed by atoms with Crippen LogP contribution >= 0.6 is 11.3 Å². The normalized spacial score (nSPS) is 22.9. The van der Waals surface area contributed by atoms with Gasteiger partial charge >= 0.3 is 0 Å². The zero-order valence-corrected chi connectivity index (χ0v) is 13.0. The summed E-state index contributed by atoms with van der Waals surface area (Å²) < 4.78 is 2.21. The number of nitrogens with zero attached hydrogens (tertiary/aromatic N) is 2. The summed E-state index contributed by atoms with van der Waals surface area (Å²) in [6.45, 7) is 6.40. The van der Waals surface area contributed by atoms with Crippen LogP contribution in [0, 0.1) is 25.7 Å². The van der Waals surface area contributed by atoms with E-state index >= 15 is 0 Å². The highest BCUT2D eigenvalue weighted by molar-refractivity contribution is 7.17. The summed E-state index contributed by atoms with van der Waals surface area (Å²) in [6, 6.07) is 0. The van der Waals surface area contributed by atoms with Gasteiger partial charge in [0.2, 0.25) is 0 Å². The summed E-state index contributed by atoms with van der Waals surface area (Å²) in [4.78, 5) is 7.00. The predicted molar refractivity (Wildman–Crippen MR) is 82.2 cm³/mol. The maximum absolute atomic E-state index is 9.37. The minimum Gasteiger partial charge on any atom is -0.396 e. The Bertz CT molecular complexity index is 589. The van der Waals surface area contributed by atoms with Gasteiger partial charge in [-0.3, -0.25) is 4.40 Å². The summed E-state index contributed by atoms with van der Waals surface area (Å²) in [6.07, 6.45) is 5.86. The van der Waals surface area contributed by atoms with E-state index in [0.29, 0.717) is 18.4 Å². The Balaban J connectivity index is 1.63. The topological polar surface area (TPSA) is 49.6 Å². The zero-order valence-electron chi connectivity index (χ0n) is 12.2. The number of hydrogen-bond donors (Lipinski definition) is 2. The molecule has 0 spiro atoms. The van der Waals surface area contributed by atoms with E-state index in [1.807, 2.05) is 0 Å². The Hall–Kier alpha value is -0.910. The quantitative estimate of drug-likeness (QED) is 0.890. The van der Waals surface area contributed by atoms with Gasteiger partial charge in [0.1, 0.15) is 0 Å². The van der Waals surface area contributed by atoms with Gasteiger partial charge in [-0.1, -0.05) is 6.42 Å². The molecule has 0 saturated heterocycles. The first kappa shape index (κ1) is 14.0. The third-order valence-corrected chi connectivity index (χ3v) is 5.39. The van der Waals surface area contributed by atoms with Crippen LogP contribution in [-0.4, -0.2) is 27.6 Å². The number of hydrogen-bond acceptors (Lipinski definition) is 4. The average Bonchev–Trinajstić information content (AvgIpc) is 3.06. The lowest BCUT2D eigenvalue weighted by atomic mass is 9.97. The summed E-state index contributed by atoms with van der Waals surface area (Å²) in [5.74, 6) is 1.13. The Kier molecular flexibility index (Phi) is 4.10. The molecule has 4 nitrogen and oxygen atoms in total. The minimum atomic E-state index is 0.339. The molecule has 2 heterocycles. The minimum absolute atomic E-state index is 0.339. The highest BCUT2D eigenvalue weighted by Gasteiger charge is 2.26. The van der Waals surface area contributed by atoms with Crippen LogP contribution in [0.15, 0.2) is 6.20 Å². The fraction of sp³-hybridized carbons (Fsp3) is 0.667. The molecule has 2 atom stereocenters. The van der Waals surface area contributed by atoms with Crippen molar-refractivity contribution in [2.75, 3.05) is 13.2 Å². The number of thiazole rings is 1. The predicted octanol–water partition coefficient (Wildman–Crippen LogP) is 2.51. The molecule has 20 heavy (non-hydrogen) atoms. The van der Waals surface area contributed by atoms with E-state index in [9.17, 15) is 5.11 Å². The number of aliphatic hydroxyl groups excluding tert-OH is 1. The van der Waals surface area contributed by atoms with Crippen molar-refractivity contribution in [3.05, 3.63) is 22.5 Å². The van der Waals surface area contributed by atoms with Gasteiger partial charge in [0.05, 0.1) is 11.4 Å². The lowest BCUT2D eigenvalue weighted by molar-refractivity contribution is 0.192. The molecule has 2 aromatic rings. The van der Waals surface area contributed by atoms with E-state index < -0.39 is 0 Å². The van der Waals surface area contributed by atoms with E-state index in [0.717, 1.165) is 23.7 Å². The van der Waals surface area contributed by atoms with Crippen molar-refractivity contribution >= 4 is 16.3 Å². The van der Waals surface area contributed by atoms with Crippen LogP contribution in [0.1, 0.15) is 35.5 Å². The second-order valence-corrected chi connectivity index (χ2v) is 7.12. The van der Waals surface area contributed by atoms with Gasteiger partial charge in [-0.15, -0.1) is 11.3 Å². The number of aryl methyl sites for hydroxylation is 2. The highest BCUT2D eigenvalue weighted by atomic mass is 32.1. The monoisotopic (exact) mass is 293 g/mol. The van der Waals surface area contributed by atoms with Gasteiger partial charge in [-0.2, -0.15) is 0 Å². The van der Waals surface area contributed by atoms with Gasteiger partial charge in [-0.25, -0.2) is 4.98 Å². The molecule has 1 aliphatic rings. The maximum Gasteiger partial charge on any atom is 0.194 e. The van der Waals surface area contributed by atoms with Crippen molar-refractivity contribution in [2.24, 2.45) is 11.8 Å². The number of fused-ring (bicyclic) bond motifs is 1. The molecule has 1 fully saturated rings. The fourth-order valence-electron chi connectivity index (χ4n) is 3.32. The molecule has 5 heteroatoms. The molecule has 3 rings (SSSR count). The smallest absolute Gasteiger partial charge is 0.194 e. The van der Waals surface area contributed by atoms with Gasteiger partial charge in [0.15, 0.2) is 4.96 Å². The van der Waals surface area contributed by atoms with E-state index in [4.69, 9.17) is 0 Å². The maximum atomic E-state index is 9.37. The van der Waals surface area contributed by atoms with E-state index in [1.165, 1.54) is 29.8 Å². The molecular formula is C15H23N3OS. The Labute approximate surface area is 123 Å². The molecular weight excluding hydrogens is 270 g/mol. The standard InChI is InChI=1S/C15H23N3OS/c1-10-8-18-14(11(2)17-15(18)20-10)7-16-6-12-4-3-5-13(12)9-19/h8,12-13,16,19H,3-7,9H2,1-2H3. The van der Waals surface area contributed by atoms with Crippen LogP contribution < -0.4 is 5.32 Å². The van der Waals surface area contributed by atoms with E-state index in [2.05, 4.69) is 34.7 Å². The Morgan fingerprint density at radius 1 is 1.40 bits per heavy atom. The van der Waals surface area contributed by atoms with Crippen LogP contribution in [0.5, 0.6) is 0 Å². The number of imidazole rings is 1. The molecule has 1 aliphatic carbocycles. The molecule has 2 unspecified atom stereocenters. The number of nitrogens with one attached hydrogen (secondary N) is 1. The second-order valence-electron chi connectivity index (χ2n) is 5.90. The van der Waals surface area contributed by atoms with Gasteiger partial charge in [0, 0.05) is 24.2 Å². The molecule has 0 aliphatic heterocycles. The van der Waals surface area contributed by atoms with Crippen molar-refractivity contribution in [2.45, 2.75) is 39.7 Å². The zero-order chi connectivity index (χ0) is 14.1. The van der Waals surface area contributed by atoms with Crippen molar-refractivity contribution in [1.82, 2.24) is 14.7 Å². The first-order chi connectivity index (χ1) is 9.69. The fourth-order valence-corrected chi connectivity index (χ4v) is 4.21. The highest BCUT2D eigenvalue weighted by Crippen LogP contribution is 2.30. The number of aliphatic hydroxyl groups is 1. The average molecular weight is 293 g/mol. The first-order valence-electron chi connectivity index (χ1n) is 7.44. The van der Waals surface area contributed by atoms with Crippen molar-refractivity contribution < 1.29 is 5.11 Å². The summed E-state index contributed by atoms with van der Waals surface area (Å²) in [5.41, 5.74) is 2.39. The molecule has 2 N–H and O–H groups in total. The molecule has 2 aromatic heterocycles. The van der Waals surface area contributed by atoms with Crippen LogP contribution in [0.25, 0.3) is 4.96 Å². The van der Waals surface area contributed by atoms with Crippen LogP contribution in [-0.2, 0) is 6.54 Å². The van der Waals surface area contributed by atoms with Crippen molar-refractivity contribution in [3.8, 4) is 0 Å². The van der Waals surface area contributed by atoms with Gasteiger partial charge in [-0.05, 0) is 45.1 Å². The largest absolute Gasteiger partial charge is 0.396 e. The lowest BCUT2D eigenvalue weighted by Crippen LogP contribution is -2.27. The third kappa shape index (κ3) is 2.62. The molecule has 1 saturated carbocycles. The summed E-state index contributed by atoms with van der Waals surface area (Å²) >= 11 is 1.74. The third-order valence-electron chi connectivity index (χ3n) is 4.49. The molecule has 0 amide bonds. The van der Waals surface area contributed by atoms with E-state index in [-0.39, 0.29) is 0 Å². The molecule has 0 radical (unpaired) electrons. The van der Waals surface area contributed by atoms with Crippen LogP contribution in [0.4, 0.5) is 0 Å². The number of rotatable bonds is 5. The van der Waals surface area contributed by atoms with Crippen LogP contribution in [0.3, 0.4) is 0 Å². The first-order valence-corrected chi connectivity index (χ1v) is 8.26. The molecule has 110 valence electrons. The van der Waals surface area contributed by atoms with Crippen molar-refractivity contribution in [3.63, 3.8) is 0 Å². The van der Waals surface area contributed by atoms with Crippen LogP contribution in [0.2, 0.25) is 0 Å². The Morgan fingerprint density at radius 2 is 2.20 bits per heavy atom. The van der Waals surface area contributed by atoms with Gasteiger partial charge < -0.3 is 10.4 Å². The number of aromatic nitrogens is 2. The SMILES string of the molecule is Cc1cn2c(CNCC3CCCC3CO)c(C)nc2s1. The Morgan fingerprint density at radius 3 is 3.00 bits per heavy atom. The molecule has 0 bridgehead atoms. The van der Waals surface area contributed by atoms with E-state index in [1.54, 1.807) is 11.3 Å². The summed E-state index contributed by atoms with van der Waals surface area (Å²) in [5, 5.41) is 12.9. The summed E-state index contributed by atoms with van der Waals surface area (Å²) in [7, 11) is 0. The van der Waals surface area contributed by atoms with Gasteiger partial charge in [0.25, 0.3) is 0 Å². The van der Waals surface area contributed by atoms with Crippen molar-refractivity contribution in [1.29, 1.82) is 0 Å². The molecule has 0 aromatic carbocycles. The lowest BCUT2D eigenvalue weighted by Gasteiger charge is -2.17.